The van der Waals surface area contributed by atoms with Crippen molar-refractivity contribution in [2.75, 3.05) is 6.26 Å². The highest BCUT2D eigenvalue weighted by atomic mass is 32.2. The summed E-state index contributed by atoms with van der Waals surface area (Å²) in [5.74, 6) is -0.954. The number of allylic oxidation sites excluding steroid dienone is 1. The SMILES string of the molecule is CS(=O)(=O)c1ccc(C2=CCCc3ccc(C(=O)O)cc32)cc1. The third-order valence-electron chi connectivity index (χ3n) is 4.00. The molecule has 2 aromatic carbocycles. The fraction of sp³-hybridized carbons (Fsp3) is 0.167. The number of hydrogen-bond donors (Lipinski definition) is 1. The summed E-state index contributed by atoms with van der Waals surface area (Å²) in [6.45, 7) is 0. The zero-order chi connectivity index (χ0) is 16.6. The summed E-state index contributed by atoms with van der Waals surface area (Å²) in [5, 5.41) is 9.18. The molecule has 0 atom stereocenters. The van der Waals surface area contributed by atoms with Gasteiger partial charge in [-0.05, 0) is 59.4 Å². The van der Waals surface area contributed by atoms with Gasteiger partial charge in [-0.2, -0.15) is 0 Å². The fourth-order valence-corrected chi connectivity index (χ4v) is 3.45. The predicted molar refractivity (Wildman–Crippen MR) is 88.4 cm³/mol. The van der Waals surface area contributed by atoms with Gasteiger partial charge in [0.05, 0.1) is 10.5 Å². The largest absolute Gasteiger partial charge is 0.478 e. The van der Waals surface area contributed by atoms with Crippen LogP contribution in [0.2, 0.25) is 0 Å². The summed E-state index contributed by atoms with van der Waals surface area (Å²) in [5.41, 5.74) is 4.11. The van der Waals surface area contributed by atoms with E-state index in [2.05, 4.69) is 6.08 Å². The molecule has 0 unspecified atom stereocenters. The molecule has 0 saturated carbocycles. The molecule has 2 aromatic rings. The third-order valence-corrected chi connectivity index (χ3v) is 5.13. The van der Waals surface area contributed by atoms with Crippen LogP contribution in [0.1, 0.15) is 33.5 Å². The van der Waals surface area contributed by atoms with Gasteiger partial charge < -0.3 is 5.11 Å². The fourth-order valence-electron chi connectivity index (χ4n) is 2.82. The van der Waals surface area contributed by atoms with Gasteiger partial charge in [-0.3, -0.25) is 0 Å². The van der Waals surface area contributed by atoms with Crippen molar-refractivity contribution < 1.29 is 18.3 Å². The maximum atomic E-state index is 11.6. The van der Waals surface area contributed by atoms with E-state index < -0.39 is 15.8 Å². The molecule has 0 amide bonds. The maximum absolute atomic E-state index is 11.6. The number of aryl methyl sites for hydroxylation is 1. The van der Waals surface area contributed by atoms with Crippen molar-refractivity contribution in [2.24, 2.45) is 0 Å². The van der Waals surface area contributed by atoms with E-state index in [9.17, 15) is 18.3 Å². The van der Waals surface area contributed by atoms with Crippen molar-refractivity contribution in [2.45, 2.75) is 17.7 Å². The normalized spacial score (nSPS) is 14.0. The van der Waals surface area contributed by atoms with E-state index in [1.807, 2.05) is 6.07 Å². The number of carboxylic acids is 1. The molecule has 0 spiro atoms. The van der Waals surface area contributed by atoms with Crippen molar-refractivity contribution in [3.05, 3.63) is 70.8 Å². The van der Waals surface area contributed by atoms with Crippen LogP contribution in [0.4, 0.5) is 0 Å². The molecule has 0 fully saturated rings. The Morgan fingerprint density at radius 3 is 2.39 bits per heavy atom. The van der Waals surface area contributed by atoms with Gasteiger partial charge in [0.25, 0.3) is 0 Å². The summed E-state index contributed by atoms with van der Waals surface area (Å²) in [6.07, 6.45) is 5.00. The first-order valence-corrected chi connectivity index (χ1v) is 9.12. The Bertz CT molecular complexity index is 907. The molecule has 1 aliphatic carbocycles. The molecule has 23 heavy (non-hydrogen) atoms. The van der Waals surface area contributed by atoms with Gasteiger partial charge in [0.15, 0.2) is 9.84 Å². The Labute approximate surface area is 135 Å². The second-order valence-corrected chi connectivity index (χ2v) is 7.65. The van der Waals surface area contributed by atoms with Gasteiger partial charge in [0.2, 0.25) is 0 Å². The van der Waals surface area contributed by atoms with Crippen molar-refractivity contribution in [3.63, 3.8) is 0 Å². The zero-order valence-corrected chi connectivity index (χ0v) is 13.4. The van der Waals surface area contributed by atoms with Crippen molar-refractivity contribution in [1.29, 1.82) is 0 Å². The second-order valence-electron chi connectivity index (χ2n) is 5.63. The van der Waals surface area contributed by atoms with Gasteiger partial charge in [0, 0.05) is 6.26 Å². The summed E-state index contributed by atoms with van der Waals surface area (Å²) >= 11 is 0. The average Bonchev–Trinajstić information content (AvgIpc) is 2.53. The molecule has 0 saturated heterocycles. The molecule has 0 heterocycles. The monoisotopic (exact) mass is 328 g/mol. The molecule has 3 rings (SSSR count). The lowest BCUT2D eigenvalue weighted by Crippen LogP contribution is -2.05. The third kappa shape index (κ3) is 3.05. The van der Waals surface area contributed by atoms with E-state index in [-0.39, 0.29) is 10.5 Å². The Kier molecular flexibility index (Phi) is 3.82. The standard InChI is InChI=1S/C18H16O4S/c1-23(21,22)15-9-7-13(8-10-15)16-4-2-3-12-5-6-14(18(19)20)11-17(12)16/h4-11H,2-3H2,1H3,(H,19,20). The summed E-state index contributed by atoms with van der Waals surface area (Å²) in [6, 6.07) is 11.9. The van der Waals surface area contributed by atoms with Gasteiger partial charge in [-0.25, -0.2) is 13.2 Å². The first kappa shape index (κ1) is 15.5. The van der Waals surface area contributed by atoms with E-state index in [1.165, 1.54) is 6.26 Å². The van der Waals surface area contributed by atoms with E-state index in [0.717, 1.165) is 35.1 Å². The number of benzene rings is 2. The quantitative estimate of drug-likeness (QED) is 0.939. The van der Waals surface area contributed by atoms with E-state index in [4.69, 9.17) is 0 Å². The highest BCUT2D eigenvalue weighted by molar-refractivity contribution is 7.90. The van der Waals surface area contributed by atoms with Crippen LogP contribution >= 0.6 is 0 Å². The topological polar surface area (TPSA) is 71.4 Å². The molecule has 0 bridgehead atoms. The van der Waals surface area contributed by atoms with Crippen LogP contribution in [0.3, 0.4) is 0 Å². The van der Waals surface area contributed by atoms with Crippen LogP contribution in [0, 0.1) is 0 Å². The summed E-state index contributed by atoms with van der Waals surface area (Å²) < 4.78 is 23.1. The predicted octanol–water partition coefficient (Wildman–Crippen LogP) is 3.17. The van der Waals surface area contributed by atoms with Gasteiger partial charge in [-0.15, -0.1) is 0 Å². The lowest BCUT2D eigenvalue weighted by Gasteiger charge is -2.19. The van der Waals surface area contributed by atoms with E-state index in [0.29, 0.717) is 0 Å². The van der Waals surface area contributed by atoms with Crippen molar-refractivity contribution in [1.82, 2.24) is 0 Å². The number of sulfone groups is 1. The van der Waals surface area contributed by atoms with Crippen molar-refractivity contribution >= 4 is 21.4 Å². The van der Waals surface area contributed by atoms with Gasteiger partial charge in [-0.1, -0.05) is 24.3 Å². The number of aromatic carboxylic acids is 1. The number of carbonyl (C=O) groups is 1. The Morgan fingerprint density at radius 2 is 1.78 bits per heavy atom. The van der Waals surface area contributed by atoms with E-state index >= 15 is 0 Å². The lowest BCUT2D eigenvalue weighted by molar-refractivity contribution is 0.0697. The Hall–Kier alpha value is -2.40. The first-order valence-electron chi connectivity index (χ1n) is 7.23. The number of rotatable bonds is 3. The Morgan fingerprint density at radius 1 is 1.09 bits per heavy atom. The zero-order valence-electron chi connectivity index (χ0n) is 12.6. The van der Waals surface area contributed by atoms with Crippen LogP contribution in [0.15, 0.2) is 53.4 Å². The lowest BCUT2D eigenvalue weighted by atomic mass is 9.86. The van der Waals surface area contributed by atoms with Gasteiger partial charge in [0.1, 0.15) is 0 Å². The molecule has 1 N–H and O–H groups in total. The minimum absolute atomic E-state index is 0.254. The molecule has 0 aromatic heterocycles. The van der Waals surface area contributed by atoms with Crippen LogP contribution < -0.4 is 0 Å². The molecule has 118 valence electrons. The summed E-state index contributed by atoms with van der Waals surface area (Å²) in [4.78, 5) is 11.5. The Balaban J connectivity index is 2.07. The molecule has 5 heteroatoms. The van der Waals surface area contributed by atoms with Crippen LogP contribution in [0.5, 0.6) is 0 Å². The molecule has 0 radical (unpaired) electrons. The van der Waals surface area contributed by atoms with Crippen LogP contribution in [0.25, 0.3) is 5.57 Å². The molecule has 4 nitrogen and oxygen atoms in total. The minimum atomic E-state index is -3.23. The second kappa shape index (κ2) is 5.66. The van der Waals surface area contributed by atoms with Gasteiger partial charge >= 0.3 is 5.97 Å². The molecular formula is C18H16O4S. The van der Waals surface area contributed by atoms with Crippen LogP contribution in [-0.4, -0.2) is 25.7 Å². The molecule has 0 aliphatic heterocycles. The highest BCUT2D eigenvalue weighted by Gasteiger charge is 2.17. The number of hydrogen-bond acceptors (Lipinski definition) is 3. The molecular weight excluding hydrogens is 312 g/mol. The maximum Gasteiger partial charge on any atom is 0.335 e. The highest BCUT2D eigenvalue weighted by Crippen LogP contribution is 2.32. The first-order chi connectivity index (χ1) is 10.9. The van der Waals surface area contributed by atoms with Crippen molar-refractivity contribution in [3.8, 4) is 0 Å². The minimum Gasteiger partial charge on any atom is -0.478 e. The van der Waals surface area contributed by atoms with Crippen LogP contribution in [-0.2, 0) is 16.3 Å². The number of carboxylic acid groups (broad SMARTS) is 1. The number of fused-ring (bicyclic) bond motifs is 1. The smallest absolute Gasteiger partial charge is 0.335 e. The molecule has 1 aliphatic rings. The summed E-state index contributed by atoms with van der Waals surface area (Å²) in [7, 11) is -3.23. The van der Waals surface area contributed by atoms with E-state index in [1.54, 1.807) is 36.4 Å². The average molecular weight is 328 g/mol.